The van der Waals surface area contributed by atoms with Crippen LogP contribution in [0.25, 0.3) is 0 Å². The molecule has 22 heavy (non-hydrogen) atoms. The van der Waals surface area contributed by atoms with E-state index in [0.29, 0.717) is 0 Å². The van der Waals surface area contributed by atoms with Crippen molar-refractivity contribution >= 4 is 15.5 Å². The van der Waals surface area contributed by atoms with E-state index in [1.165, 1.54) is 0 Å². The van der Waals surface area contributed by atoms with Crippen molar-refractivity contribution in [2.24, 2.45) is 0 Å². The number of rotatable bonds is 11. The Morgan fingerprint density at radius 3 is 0.864 bits per heavy atom. The van der Waals surface area contributed by atoms with E-state index in [-0.39, 0.29) is 24.4 Å². The van der Waals surface area contributed by atoms with Gasteiger partial charge in [0, 0.05) is 0 Å². The lowest BCUT2D eigenvalue weighted by Gasteiger charge is -2.27. The van der Waals surface area contributed by atoms with Crippen LogP contribution in [0.15, 0.2) is 0 Å². The van der Waals surface area contributed by atoms with Gasteiger partial charge in [0.2, 0.25) is 0 Å². The molecule has 0 fully saturated rings. The summed E-state index contributed by atoms with van der Waals surface area (Å²) in [5.41, 5.74) is 0. The second kappa shape index (κ2) is 9.50. The van der Waals surface area contributed by atoms with Crippen molar-refractivity contribution in [1.29, 1.82) is 0 Å². The third-order valence-electron chi connectivity index (χ3n) is 1.72. The highest BCUT2D eigenvalue weighted by molar-refractivity contribution is 7.55. The van der Waals surface area contributed by atoms with Crippen molar-refractivity contribution in [2.75, 3.05) is 0 Å². The van der Waals surface area contributed by atoms with Gasteiger partial charge >= 0.3 is 15.5 Å². The summed E-state index contributed by atoms with van der Waals surface area (Å²) >= 11 is 0. The first-order chi connectivity index (χ1) is 9.87. The molecule has 8 nitrogen and oxygen atoms in total. The molecule has 134 valence electrons. The molecule has 0 saturated carbocycles. The molecule has 0 aromatic heterocycles. The Morgan fingerprint density at radius 1 is 0.545 bits per heavy atom. The zero-order chi connectivity index (χ0) is 17.6. The van der Waals surface area contributed by atoms with Gasteiger partial charge in [-0.2, -0.15) is 0 Å². The molecule has 10 heteroatoms. The van der Waals surface area contributed by atoms with Crippen LogP contribution in [0.5, 0.6) is 0 Å². The summed E-state index contributed by atoms with van der Waals surface area (Å²) in [6.45, 7) is 13.7. The van der Waals surface area contributed by atoms with E-state index in [0.717, 1.165) is 0 Å². The quantitative estimate of drug-likeness (QED) is 0.422. The van der Waals surface area contributed by atoms with E-state index in [9.17, 15) is 9.13 Å². The third kappa shape index (κ3) is 10.1. The minimum atomic E-state index is -3.71. The highest BCUT2D eigenvalue weighted by Crippen LogP contribution is 2.51. The maximum Gasteiger partial charge on any atom is 0.419 e. The van der Waals surface area contributed by atoms with E-state index in [2.05, 4.69) is 10.4 Å². The third-order valence-corrected chi connectivity index (χ3v) is 5.47. The second-order valence-electron chi connectivity index (χ2n) is 5.84. The fourth-order valence-electron chi connectivity index (χ4n) is 1.39. The highest BCUT2D eigenvalue weighted by Gasteiger charge is 2.34. The fourth-order valence-corrected chi connectivity index (χ4v) is 4.90. The average molecular weight is 360 g/mol. The van der Waals surface area contributed by atoms with Crippen LogP contribution in [-0.2, 0) is 27.2 Å². The van der Waals surface area contributed by atoms with Gasteiger partial charge < -0.3 is 0 Å². The molecule has 2 N–H and O–H groups in total. The lowest BCUT2D eigenvalue weighted by molar-refractivity contribution is 0.120. The van der Waals surface area contributed by atoms with Crippen LogP contribution < -0.4 is 10.4 Å². The molecule has 0 saturated heterocycles. The van der Waals surface area contributed by atoms with Crippen LogP contribution in [0.3, 0.4) is 0 Å². The van der Waals surface area contributed by atoms with Crippen LogP contribution in [0, 0.1) is 0 Å². The number of hydrazine groups is 1. The number of hydrogen-bond acceptors (Lipinski definition) is 6. The molecule has 0 aromatic carbocycles. The van der Waals surface area contributed by atoms with Crippen LogP contribution in [0.4, 0.5) is 0 Å². The van der Waals surface area contributed by atoms with E-state index < -0.39 is 15.5 Å². The largest absolute Gasteiger partial charge is 0.419 e. The summed E-state index contributed by atoms with van der Waals surface area (Å²) in [7, 11) is -7.42. The maximum absolute atomic E-state index is 12.6. The summed E-state index contributed by atoms with van der Waals surface area (Å²) in [4.78, 5) is 0. The molecule has 0 aliphatic carbocycles. The van der Waals surface area contributed by atoms with Crippen LogP contribution in [0.1, 0.15) is 55.4 Å². The van der Waals surface area contributed by atoms with E-state index in [4.69, 9.17) is 18.1 Å². The molecule has 0 amide bonds. The Hall–Kier alpha value is 0.220. The Balaban J connectivity index is 5.02. The van der Waals surface area contributed by atoms with Crippen molar-refractivity contribution in [1.82, 2.24) is 10.4 Å². The molecule has 0 rings (SSSR count). The van der Waals surface area contributed by atoms with Crippen molar-refractivity contribution < 1.29 is 27.2 Å². The van der Waals surface area contributed by atoms with E-state index in [1.54, 1.807) is 55.4 Å². The van der Waals surface area contributed by atoms with Gasteiger partial charge in [0.05, 0.1) is 24.4 Å². The molecular formula is C12H30N2O6P2. The summed E-state index contributed by atoms with van der Waals surface area (Å²) in [5, 5.41) is 4.72. The predicted octanol–water partition coefficient (Wildman–Crippen LogP) is 4.00. The van der Waals surface area contributed by atoms with E-state index in [1.807, 2.05) is 0 Å². The van der Waals surface area contributed by atoms with Gasteiger partial charge in [0.15, 0.2) is 0 Å². The van der Waals surface area contributed by atoms with Crippen molar-refractivity contribution in [2.45, 2.75) is 79.8 Å². The fraction of sp³-hybridized carbons (Fsp3) is 1.00. The standard InChI is InChI=1S/C12H30N2O6P2/c1-9(2)17-21(15,18-10(3)4)13-14-22(16,19-11(5)6)20-12(7)8/h9-12H,1-8H3,(H,13,15)(H,14,16). The molecule has 0 bridgehead atoms. The SMILES string of the molecule is CC(C)OP(=O)(NNP(=O)(OC(C)C)OC(C)C)OC(C)C. The lowest BCUT2D eigenvalue weighted by Crippen LogP contribution is -2.32. The smallest absolute Gasteiger partial charge is 0.293 e. The maximum atomic E-state index is 12.6. The lowest BCUT2D eigenvalue weighted by atomic mass is 10.5. The van der Waals surface area contributed by atoms with Crippen LogP contribution in [0.2, 0.25) is 0 Å². The molecule has 0 atom stereocenters. The summed E-state index contributed by atoms with van der Waals surface area (Å²) < 4.78 is 46.3. The molecule has 0 aliphatic heterocycles. The summed E-state index contributed by atoms with van der Waals surface area (Å²) in [5.74, 6) is 0. The Kier molecular flexibility index (Phi) is 9.59. The normalized spacial score (nSPS) is 13.8. The topological polar surface area (TPSA) is 95.1 Å². The van der Waals surface area contributed by atoms with Gasteiger partial charge in [-0.15, -0.1) is 10.4 Å². The highest BCUT2D eigenvalue weighted by atomic mass is 31.2. The molecule has 0 spiro atoms. The second-order valence-corrected chi connectivity index (χ2v) is 9.12. The van der Waals surface area contributed by atoms with Gasteiger partial charge in [0.25, 0.3) is 0 Å². The molecular weight excluding hydrogens is 330 g/mol. The van der Waals surface area contributed by atoms with Crippen molar-refractivity contribution in [3.8, 4) is 0 Å². The first-order valence-electron chi connectivity index (χ1n) is 7.35. The van der Waals surface area contributed by atoms with Crippen molar-refractivity contribution in [3.63, 3.8) is 0 Å². The first-order valence-corrected chi connectivity index (χ1v) is 10.4. The first kappa shape index (κ1) is 22.2. The number of hydrogen-bond donors (Lipinski definition) is 2. The molecule has 0 unspecified atom stereocenters. The van der Waals surface area contributed by atoms with Crippen LogP contribution >= 0.6 is 15.5 Å². The van der Waals surface area contributed by atoms with Crippen molar-refractivity contribution in [3.05, 3.63) is 0 Å². The van der Waals surface area contributed by atoms with Gasteiger partial charge in [-0.3, -0.25) is 18.1 Å². The Morgan fingerprint density at radius 2 is 0.727 bits per heavy atom. The van der Waals surface area contributed by atoms with Gasteiger partial charge in [0.1, 0.15) is 0 Å². The molecule has 0 aliphatic rings. The van der Waals surface area contributed by atoms with Gasteiger partial charge in [-0.05, 0) is 55.4 Å². The monoisotopic (exact) mass is 360 g/mol. The zero-order valence-electron chi connectivity index (χ0n) is 14.7. The Labute approximate surface area is 133 Å². The van der Waals surface area contributed by atoms with Gasteiger partial charge in [-0.25, -0.2) is 9.13 Å². The molecule has 0 heterocycles. The minimum absolute atomic E-state index is 0.352. The minimum Gasteiger partial charge on any atom is -0.293 e. The number of nitrogens with one attached hydrogen (secondary N) is 2. The molecule has 0 aromatic rings. The summed E-state index contributed by atoms with van der Waals surface area (Å²) in [6.07, 6.45) is -1.41. The predicted molar refractivity (Wildman–Crippen MR) is 86.4 cm³/mol. The summed E-state index contributed by atoms with van der Waals surface area (Å²) in [6, 6.07) is 0. The van der Waals surface area contributed by atoms with Gasteiger partial charge in [-0.1, -0.05) is 0 Å². The molecule has 0 radical (unpaired) electrons. The average Bonchev–Trinajstić information content (AvgIpc) is 2.21. The zero-order valence-corrected chi connectivity index (χ0v) is 16.4. The van der Waals surface area contributed by atoms with E-state index >= 15 is 0 Å². The Bertz CT molecular complexity index is 348. The van der Waals surface area contributed by atoms with Crippen LogP contribution in [-0.4, -0.2) is 24.4 Å².